The van der Waals surface area contributed by atoms with Crippen LogP contribution in [0.5, 0.6) is 0 Å². The van der Waals surface area contributed by atoms with Crippen LogP contribution in [0.2, 0.25) is 0 Å². The average molecular weight is 382 g/mol. The Morgan fingerprint density at radius 1 is 1.23 bits per heavy atom. The summed E-state index contributed by atoms with van der Waals surface area (Å²) in [4.78, 5) is 23.9. The maximum absolute atomic E-state index is 12.6. The van der Waals surface area contributed by atoms with Crippen LogP contribution in [-0.4, -0.2) is 50.8 Å². The van der Waals surface area contributed by atoms with Crippen molar-refractivity contribution in [3.05, 3.63) is 29.8 Å². The highest BCUT2D eigenvalue weighted by molar-refractivity contribution is 7.89. The molecule has 0 bridgehead atoms. The molecule has 1 aliphatic heterocycles. The van der Waals surface area contributed by atoms with Crippen LogP contribution in [0, 0.1) is 5.92 Å². The number of amides is 1. The van der Waals surface area contributed by atoms with Crippen molar-refractivity contribution in [2.24, 2.45) is 5.92 Å². The number of nitrogens with zero attached hydrogens (tertiary/aromatic N) is 1. The molecule has 7 nitrogen and oxygen atoms in total. The Morgan fingerprint density at radius 3 is 2.58 bits per heavy atom. The maximum Gasteiger partial charge on any atom is 0.338 e. The van der Waals surface area contributed by atoms with Crippen LogP contribution in [0.25, 0.3) is 0 Å². The van der Waals surface area contributed by atoms with Crippen molar-refractivity contribution in [1.29, 1.82) is 0 Å². The molecule has 1 aliphatic rings. The second-order valence-corrected chi connectivity index (χ2v) is 8.69. The summed E-state index contributed by atoms with van der Waals surface area (Å²) in [5.41, 5.74) is 0.111. The van der Waals surface area contributed by atoms with Crippen molar-refractivity contribution in [2.45, 2.75) is 38.0 Å². The molecule has 1 fully saturated rings. The van der Waals surface area contributed by atoms with Crippen molar-refractivity contribution in [3.8, 4) is 0 Å². The van der Waals surface area contributed by atoms with Crippen LogP contribution in [0.1, 0.15) is 43.5 Å². The van der Waals surface area contributed by atoms with Crippen molar-refractivity contribution in [2.75, 3.05) is 26.2 Å². The van der Waals surface area contributed by atoms with Gasteiger partial charge in [-0.3, -0.25) is 4.79 Å². The molecule has 0 unspecified atom stereocenters. The first-order valence-electron chi connectivity index (χ1n) is 8.84. The molecule has 0 spiro atoms. The van der Waals surface area contributed by atoms with Gasteiger partial charge in [-0.15, -0.1) is 0 Å². The second kappa shape index (κ2) is 9.14. The van der Waals surface area contributed by atoms with E-state index in [1.165, 1.54) is 28.6 Å². The van der Waals surface area contributed by atoms with E-state index in [-0.39, 0.29) is 23.0 Å². The molecule has 1 amide bonds. The lowest BCUT2D eigenvalue weighted by atomic mass is 10.1. The zero-order valence-electron chi connectivity index (χ0n) is 15.2. The van der Waals surface area contributed by atoms with Gasteiger partial charge in [-0.2, -0.15) is 4.31 Å². The summed E-state index contributed by atoms with van der Waals surface area (Å²) in [6, 6.07) is 5.74. The van der Waals surface area contributed by atoms with Gasteiger partial charge < -0.3 is 10.1 Å². The Kier molecular flexibility index (Phi) is 7.16. The van der Waals surface area contributed by atoms with Crippen molar-refractivity contribution < 1.29 is 22.7 Å². The number of rotatable bonds is 8. The second-order valence-electron chi connectivity index (χ2n) is 6.75. The number of nitrogens with one attached hydrogen (secondary N) is 1. The van der Waals surface area contributed by atoms with Crippen molar-refractivity contribution in [1.82, 2.24) is 9.62 Å². The topological polar surface area (TPSA) is 92.8 Å². The summed E-state index contributed by atoms with van der Waals surface area (Å²) in [6.07, 6.45) is 2.52. The molecular formula is C18H26N2O5S. The lowest BCUT2D eigenvalue weighted by molar-refractivity contribution is -0.124. The minimum absolute atomic E-state index is 0.0650. The Bertz CT molecular complexity index is 740. The third-order valence-corrected chi connectivity index (χ3v) is 6.05. The number of sulfonamides is 1. The first-order valence-corrected chi connectivity index (χ1v) is 10.3. The third kappa shape index (κ3) is 5.54. The number of benzene rings is 1. The van der Waals surface area contributed by atoms with Gasteiger partial charge in [0.15, 0.2) is 6.61 Å². The molecule has 0 radical (unpaired) electrons. The molecule has 0 atom stereocenters. The highest BCUT2D eigenvalue weighted by atomic mass is 32.2. The summed E-state index contributed by atoms with van der Waals surface area (Å²) in [5.74, 6) is -0.625. The molecule has 1 heterocycles. The molecule has 0 aliphatic carbocycles. The Hall–Kier alpha value is -1.93. The average Bonchev–Trinajstić information content (AvgIpc) is 3.15. The molecule has 8 heteroatoms. The summed E-state index contributed by atoms with van der Waals surface area (Å²) in [5, 5.41) is 2.67. The normalized spacial score (nSPS) is 15.2. The van der Waals surface area contributed by atoms with E-state index in [0.717, 1.165) is 19.3 Å². The first kappa shape index (κ1) is 20.4. The predicted octanol–water partition coefficient (Wildman–Crippen LogP) is 1.79. The predicted molar refractivity (Wildman–Crippen MR) is 97.2 cm³/mol. The standard InChI is InChI=1S/C18H26N2O5S/c1-14(2)8-9-19-17(21)13-25-18(22)15-6-5-7-16(12-15)26(23,24)20-10-3-4-11-20/h5-7,12,14H,3-4,8-11,13H2,1-2H3,(H,19,21). The van der Waals surface area contributed by atoms with Crippen LogP contribution < -0.4 is 5.32 Å². The molecule has 1 N–H and O–H groups in total. The van der Waals surface area contributed by atoms with Crippen LogP contribution in [-0.2, 0) is 19.6 Å². The summed E-state index contributed by atoms with van der Waals surface area (Å²) >= 11 is 0. The summed E-state index contributed by atoms with van der Waals surface area (Å²) in [6.45, 7) is 5.23. The Labute approximate surface area is 154 Å². The van der Waals surface area contributed by atoms with Gasteiger partial charge in [0, 0.05) is 19.6 Å². The number of carbonyl (C=O) groups excluding carboxylic acids is 2. The summed E-state index contributed by atoms with van der Waals surface area (Å²) in [7, 11) is -3.60. The number of hydrogen-bond acceptors (Lipinski definition) is 5. The lowest BCUT2D eigenvalue weighted by Gasteiger charge is -2.15. The van der Waals surface area contributed by atoms with Gasteiger partial charge >= 0.3 is 5.97 Å². The Morgan fingerprint density at radius 2 is 1.92 bits per heavy atom. The minimum atomic E-state index is -3.60. The van der Waals surface area contributed by atoms with Crippen molar-refractivity contribution >= 4 is 21.9 Å². The Balaban J connectivity index is 1.94. The molecule has 0 aromatic heterocycles. The summed E-state index contributed by atoms with van der Waals surface area (Å²) < 4.78 is 31.5. The van der Waals surface area contributed by atoms with Gasteiger partial charge in [-0.25, -0.2) is 13.2 Å². The fraction of sp³-hybridized carbons (Fsp3) is 0.556. The molecule has 1 aromatic rings. The van der Waals surface area contributed by atoms with E-state index in [1.807, 2.05) is 0 Å². The van der Waals surface area contributed by atoms with E-state index in [1.54, 1.807) is 0 Å². The molecule has 1 saturated heterocycles. The van der Waals surface area contributed by atoms with E-state index >= 15 is 0 Å². The molecular weight excluding hydrogens is 356 g/mol. The molecule has 2 rings (SSSR count). The van der Waals surface area contributed by atoms with Gasteiger partial charge in [0.2, 0.25) is 10.0 Å². The van der Waals surface area contributed by atoms with Crippen LogP contribution in [0.15, 0.2) is 29.2 Å². The maximum atomic E-state index is 12.6. The van der Waals surface area contributed by atoms with E-state index in [9.17, 15) is 18.0 Å². The zero-order chi connectivity index (χ0) is 19.2. The van der Waals surface area contributed by atoms with Gasteiger partial charge in [0.05, 0.1) is 10.5 Å². The highest BCUT2D eigenvalue weighted by Gasteiger charge is 2.27. The van der Waals surface area contributed by atoms with Crippen LogP contribution in [0.4, 0.5) is 0 Å². The van der Waals surface area contributed by atoms with Gasteiger partial charge in [-0.1, -0.05) is 19.9 Å². The van der Waals surface area contributed by atoms with Gasteiger partial charge in [0.25, 0.3) is 5.91 Å². The van der Waals surface area contributed by atoms with Crippen LogP contribution >= 0.6 is 0 Å². The van der Waals surface area contributed by atoms with Crippen LogP contribution in [0.3, 0.4) is 0 Å². The smallest absolute Gasteiger partial charge is 0.338 e. The zero-order valence-corrected chi connectivity index (χ0v) is 16.0. The van der Waals surface area contributed by atoms with Gasteiger partial charge in [-0.05, 0) is 43.4 Å². The number of esters is 1. The van der Waals surface area contributed by atoms with E-state index < -0.39 is 16.0 Å². The lowest BCUT2D eigenvalue weighted by Crippen LogP contribution is -2.30. The molecule has 0 saturated carbocycles. The van der Waals surface area contributed by atoms with E-state index in [0.29, 0.717) is 25.6 Å². The number of ether oxygens (including phenoxy) is 1. The van der Waals surface area contributed by atoms with E-state index in [2.05, 4.69) is 19.2 Å². The quantitative estimate of drug-likeness (QED) is 0.692. The molecule has 144 valence electrons. The monoisotopic (exact) mass is 382 g/mol. The third-order valence-electron chi connectivity index (χ3n) is 4.15. The first-order chi connectivity index (χ1) is 12.3. The fourth-order valence-electron chi connectivity index (χ4n) is 2.63. The largest absolute Gasteiger partial charge is 0.452 e. The SMILES string of the molecule is CC(C)CCNC(=O)COC(=O)c1cccc(S(=O)(=O)N2CCCC2)c1. The minimum Gasteiger partial charge on any atom is -0.452 e. The highest BCUT2D eigenvalue weighted by Crippen LogP contribution is 2.21. The molecule has 1 aromatic carbocycles. The number of hydrogen-bond donors (Lipinski definition) is 1. The fourth-order valence-corrected chi connectivity index (χ4v) is 4.19. The van der Waals surface area contributed by atoms with E-state index in [4.69, 9.17) is 4.74 Å². The molecule has 26 heavy (non-hydrogen) atoms. The van der Waals surface area contributed by atoms with Crippen molar-refractivity contribution in [3.63, 3.8) is 0 Å². The van der Waals surface area contributed by atoms with Gasteiger partial charge in [0.1, 0.15) is 0 Å². The number of carbonyl (C=O) groups is 2.